The summed E-state index contributed by atoms with van der Waals surface area (Å²) in [5.41, 5.74) is 1.66. The second-order valence-electron chi connectivity index (χ2n) is 6.51. The highest BCUT2D eigenvalue weighted by Gasteiger charge is 2.20. The van der Waals surface area contributed by atoms with Gasteiger partial charge in [-0.2, -0.15) is 5.26 Å². The standard InChI is InChI=1S/C19H26N4O2/c1-14-5-6-18(25-4)17(11-14)21-19(24)15(12-20)13-23(3)16-7-9-22(2)10-8-16/h5-6,11,13,16H,7-10H2,1-4H3,(H,21,24)/b15-13-. The van der Waals surface area contributed by atoms with Crippen LogP contribution in [0.4, 0.5) is 5.69 Å². The van der Waals surface area contributed by atoms with E-state index in [0.29, 0.717) is 17.5 Å². The van der Waals surface area contributed by atoms with Gasteiger partial charge in [-0.1, -0.05) is 6.07 Å². The number of rotatable bonds is 5. The van der Waals surface area contributed by atoms with Crippen molar-refractivity contribution in [2.45, 2.75) is 25.8 Å². The smallest absolute Gasteiger partial charge is 0.267 e. The summed E-state index contributed by atoms with van der Waals surface area (Å²) in [7, 11) is 5.58. The Labute approximate surface area is 149 Å². The molecule has 1 aliphatic heterocycles. The van der Waals surface area contributed by atoms with Crippen molar-refractivity contribution in [2.75, 3.05) is 39.6 Å². The van der Waals surface area contributed by atoms with Crippen LogP contribution in [-0.4, -0.2) is 56.0 Å². The van der Waals surface area contributed by atoms with E-state index in [9.17, 15) is 10.1 Å². The average Bonchev–Trinajstić information content (AvgIpc) is 2.60. The molecule has 1 amide bonds. The Kier molecular flexibility index (Phi) is 6.43. The van der Waals surface area contributed by atoms with Crippen LogP contribution in [0.5, 0.6) is 5.75 Å². The van der Waals surface area contributed by atoms with Crippen LogP contribution in [0, 0.1) is 18.3 Å². The topological polar surface area (TPSA) is 68.6 Å². The summed E-state index contributed by atoms with van der Waals surface area (Å²) in [5.74, 6) is 0.145. The van der Waals surface area contributed by atoms with Crippen LogP contribution >= 0.6 is 0 Å². The fourth-order valence-corrected chi connectivity index (χ4v) is 2.96. The van der Waals surface area contributed by atoms with Gasteiger partial charge in [-0.05, 0) is 57.6 Å². The van der Waals surface area contributed by atoms with Crippen molar-refractivity contribution < 1.29 is 9.53 Å². The Hall–Kier alpha value is -2.52. The lowest BCUT2D eigenvalue weighted by Crippen LogP contribution is -2.40. The Balaban J connectivity index is 2.10. The van der Waals surface area contributed by atoms with Crippen molar-refractivity contribution in [3.05, 3.63) is 35.5 Å². The predicted octanol–water partition coefficient (Wildman–Crippen LogP) is 2.38. The number of carbonyl (C=O) groups excluding carboxylic acids is 1. The van der Waals surface area contributed by atoms with Gasteiger partial charge in [-0.3, -0.25) is 4.79 Å². The molecule has 25 heavy (non-hydrogen) atoms. The molecule has 1 aromatic rings. The molecule has 6 nitrogen and oxygen atoms in total. The molecule has 1 aromatic carbocycles. The molecule has 134 valence electrons. The monoisotopic (exact) mass is 342 g/mol. The molecule has 1 heterocycles. The number of likely N-dealkylation sites (tertiary alicyclic amines) is 1. The maximum atomic E-state index is 12.5. The molecule has 1 saturated heterocycles. The lowest BCUT2D eigenvalue weighted by atomic mass is 10.0. The molecule has 0 bridgehead atoms. The molecule has 0 spiro atoms. The molecule has 1 aliphatic rings. The van der Waals surface area contributed by atoms with Gasteiger partial charge in [0, 0.05) is 19.3 Å². The zero-order chi connectivity index (χ0) is 18.4. The number of nitrogens with zero attached hydrogens (tertiary/aromatic N) is 3. The number of nitrogens with one attached hydrogen (secondary N) is 1. The third kappa shape index (κ3) is 4.97. The van der Waals surface area contributed by atoms with E-state index in [1.165, 1.54) is 0 Å². The molecule has 0 radical (unpaired) electrons. The first kappa shape index (κ1) is 18.8. The first-order valence-electron chi connectivity index (χ1n) is 8.43. The molecule has 1 fully saturated rings. The summed E-state index contributed by atoms with van der Waals surface area (Å²) < 4.78 is 5.27. The van der Waals surface area contributed by atoms with Crippen LogP contribution in [0.1, 0.15) is 18.4 Å². The second-order valence-corrected chi connectivity index (χ2v) is 6.51. The molecule has 2 rings (SSSR count). The minimum Gasteiger partial charge on any atom is -0.495 e. The fourth-order valence-electron chi connectivity index (χ4n) is 2.96. The van der Waals surface area contributed by atoms with Crippen LogP contribution in [-0.2, 0) is 4.79 Å². The lowest BCUT2D eigenvalue weighted by Gasteiger charge is -2.34. The zero-order valence-corrected chi connectivity index (χ0v) is 15.4. The van der Waals surface area contributed by atoms with Crippen molar-refractivity contribution in [2.24, 2.45) is 0 Å². The average molecular weight is 342 g/mol. The number of nitriles is 1. The number of hydrogen-bond acceptors (Lipinski definition) is 5. The van der Waals surface area contributed by atoms with Gasteiger partial charge in [0.2, 0.25) is 0 Å². The number of benzene rings is 1. The number of aryl methyl sites for hydroxylation is 1. The van der Waals surface area contributed by atoms with Crippen molar-refractivity contribution in [3.8, 4) is 11.8 Å². The van der Waals surface area contributed by atoms with Crippen LogP contribution in [0.25, 0.3) is 0 Å². The van der Waals surface area contributed by atoms with Crippen LogP contribution in [0.2, 0.25) is 0 Å². The van der Waals surface area contributed by atoms with Gasteiger partial charge in [0.15, 0.2) is 0 Å². The Morgan fingerprint density at radius 2 is 2.12 bits per heavy atom. The summed E-state index contributed by atoms with van der Waals surface area (Å²) in [6.07, 6.45) is 3.69. The Bertz CT molecular complexity index is 685. The van der Waals surface area contributed by atoms with Crippen molar-refractivity contribution in [3.63, 3.8) is 0 Å². The number of piperidine rings is 1. The fraction of sp³-hybridized carbons (Fsp3) is 0.474. The Morgan fingerprint density at radius 3 is 2.72 bits per heavy atom. The van der Waals surface area contributed by atoms with Gasteiger partial charge in [0.05, 0.1) is 12.8 Å². The minimum absolute atomic E-state index is 0.0880. The summed E-state index contributed by atoms with van der Waals surface area (Å²) in [4.78, 5) is 16.8. The van der Waals surface area contributed by atoms with Gasteiger partial charge >= 0.3 is 0 Å². The normalized spacial score (nSPS) is 16.2. The highest BCUT2D eigenvalue weighted by Crippen LogP contribution is 2.25. The van der Waals surface area contributed by atoms with E-state index >= 15 is 0 Å². The molecule has 1 N–H and O–H groups in total. The SMILES string of the molecule is COc1ccc(C)cc1NC(=O)/C(C#N)=C\N(C)C1CCN(C)CC1. The molecule has 0 saturated carbocycles. The molecule has 6 heteroatoms. The largest absolute Gasteiger partial charge is 0.495 e. The summed E-state index contributed by atoms with van der Waals surface area (Å²) in [6, 6.07) is 7.89. The van der Waals surface area contributed by atoms with Crippen LogP contribution in [0.15, 0.2) is 30.0 Å². The third-order valence-corrected chi connectivity index (χ3v) is 4.57. The van der Waals surface area contributed by atoms with E-state index in [-0.39, 0.29) is 5.57 Å². The van der Waals surface area contributed by atoms with E-state index in [0.717, 1.165) is 31.5 Å². The van der Waals surface area contributed by atoms with Gasteiger partial charge in [-0.15, -0.1) is 0 Å². The van der Waals surface area contributed by atoms with Crippen molar-refractivity contribution in [1.29, 1.82) is 5.26 Å². The number of anilines is 1. The first-order valence-corrected chi connectivity index (χ1v) is 8.43. The van der Waals surface area contributed by atoms with Gasteiger partial charge in [-0.25, -0.2) is 0 Å². The number of ether oxygens (including phenoxy) is 1. The lowest BCUT2D eigenvalue weighted by molar-refractivity contribution is -0.112. The van der Waals surface area contributed by atoms with Crippen molar-refractivity contribution >= 4 is 11.6 Å². The summed E-state index contributed by atoms with van der Waals surface area (Å²) in [6.45, 7) is 3.98. The van der Waals surface area contributed by atoms with Gasteiger partial charge in [0.1, 0.15) is 17.4 Å². The van der Waals surface area contributed by atoms with E-state index in [2.05, 4.69) is 17.3 Å². The maximum absolute atomic E-state index is 12.5. The molecule has 0 atom stereocenters. The van der Waals surface area contributed by atoms with E-state index in [1.807, 2.05) is 37.1 Å². The van der Waals surface area contributed by atoms with Crippen LogP contribution < -0.4 is 10.1 Å². The first-order chi connectivity index (χ1) is 11.9. The molecule has 0 aliphatic carbocycles. The summed E-state index contributed by atoms with van der Waals surface area (Å²) in [5, 5.41) is 12.2. The number of amides is 1. The van der Waals surface area contributed by atoms with Crippen LogP contribution in [0.3, 0.4) is 0 Å². The quantitative estimate of drug-likeness (QED) is 0.657. The zero-order valence-electron chi connectivity index (χ0n) is 15.4. The summed E-state index contributed by atoms with van der Waals surface area (Å²) >= 11 is 0. The van der Waals surface area contributed by atoms with Gasteiger partial charge < -0.3 is 19.9 Å². The van der Waals surface area contributed by atoms with E-state index in [1.54, 1.807) is 19.4 Å². The molecular weight excluding hydrogens is 316 g/mol. The third-order valence-electron chi connectivity index (χ3n) is 4.57. The van der Waals surface area contributed by atoms with E-state index < -0.39 is 5.91 Å². The Morgan fingerprint density at radius 1 is 1.44 bits per heavy atom. The maximum Gasteiger partial charge on any atom is 0.267 e. The second kappa shape index (κ2) is 8.54. The molecular formula is C19H26N4O2. The molecule has 0 unspecified atom stereocenters. The minimum atomic E-state index is -0.425. The van der Waals surface area contributed by atoms with Gasteiger partial charge in [0.25, 0.3) is 5.91 Å². The van der Waals surface area contributed by atoms with Crippen molar-refractivity contribution in [1.82, 2.24) is 9.80 Å². The van der Waals surface area contributed by atoms with E-state index in [4.69, 9.17) is 4.74 Å². The predicted molar refractivity (Wildman–Crippen MR) is 98.3 cm³/mol. The number of carbonyl (C=O) groups is 1. The highest BCUT2D eigenvalue weighted by atomic mass is 16.5. The number of methoxy groups -OCH3 is 1. The highest BCUT2D eigenvalue weighted by molar-refractivity contribution is 6.07. The number of hydrogen-bond donors (Lipinski definition) is 1. The molecule has 0 aromatic heterocycles.